The van der Waals surface area contributed by atoms with E-state index in [2.05, 4.69) is 124 Å². The summed E-state index contributed by atoms with van der Waals surface area (Å²) in [5, 5.41) is 0. The first-order valence-corrected chi connectivity index (χ1v) is 13.6. The van der Waals surface area contributed by atoms with Crippen LogP contribution in [0.3, 0.4) is 0 Å². The van der Waals surface area contributed by atoms with Gasteiger partial charge in [-0.2, -0.15) is 0 Å². The molecule has 5 aromatic carbocycles. The summed E-state index contributed by atoms with van der Waals surface area (Å²) < 4.78 is 0. The molecule has 0 saturated carbocycles. The lowest BCUT2D eigenvalue weighted by Gasteiger charge is -2.41. The normalized spacial score (nSPS) is 14.1. The molecular weight excluding hydrogens is 444 g/mol. The Kier molecular flexibility index (Phi) is 5.01. The van der Waals surface area contributed by atoms with Gasteiger partial charge in [-0.3, -0.25) is 0 Å². The van der Waals surface area contributed by atoms with Crippen LogP contribution in [-0.4, -0.2) is 0 Å². The fourth-order valence-electron chi connectivity index (χ4n) is 7.29. The van der Waals surface area contributed by atoms with Crippen LogP contribution in [0.4, 0.5) is 0 Å². The monoisotopic (exact) mass is 476 g/mol. The molecule has 1 spiro atoms. The summed E-state index contributed by atoms with van der Waals surface area (Å²) in [6.45, 7) is 6.69. The van der Waals surface area contributed by atoms with E-state index in [1.165, 1.54) is 72.3 Å². The van der Waals surface area contributed by atoms with E-state index in [-0.39, 0.29) is 5.41 Å². The predicted molar refractivity (Wildman–Crippen MR) is 155 cm³/mol. The molecule has 0 fully saturated rings. The first-order valence-electron chi connectivity index (χ1n) is 13.6. The zero-order valence-corrected chi connectivity index (χ0v) is 21.9. The van der Waals surface area contributed by atoms with Crippen molar-refractivity contribution in [3.63, 3.8) is 0 Å². The van der Waals surface area contributed by atoms with Gasteiger partial charge in [0.2, 0.25) is 0 Å². The molecule has 2 aliphatic carbocycles. The van der Waals surface area contributed by atoms with Crippen molar-refractivity contribution in [3.05, 3.63) is 164 Å². The number of rotatable bonds is 3. The van der Waals surface area contributed by atoms with E-state index in [0.717, 1.165) is 19.3 Å². The van der Waals surface area contributed by atoms with Gasteiger partial charge in [-0.15, -0.1) is 0 Å². The van der Waals surface area contributed by atoms with E-state index in [4.69, 9.17) is 0 Å². The highest BCUT2D eigenvalue weighted by atomic mass is 14.5. The van der Waals surface area contributed by atoms with E-state index < -0.39 is 0 Å². The predicted octanol–water partition coefficient (Wildman–Crippen LogP) is 8.72. The van der Waals surface area contributed by atoms with Crippen LogP contribution in [0.15, 0.2) is 103 Å². The molecule has 0 heterocycles. The van der Waals surface area contributed by atoms with Gasteiger partial charge in [-0.25, -0.2) is 0 Å². The van der Waals surface area contributed by atoms with Crippen LogP contribution >= 0.6 is 0 Å². The minimum atomic E-state index is -0.295. The Labute approximate surface area is 220 Å². The van der Waals surface area contributed by atoms with Crippen LogP contribution in [0, 0.1) is 13.8 Å². The molecular formula is C37H32. The van der Waals surface area contributed by atoms with Gasteiger partial charge in [0.25, 0.3) is 0 Å². The van der Waals surface area contributed by atoms with Crippen molar-refractivity contribution in [1.29, 1.82) is 0 Å². The molecule has 0 heteroatoms. The van der Waals surface area contributed by atoms with Crippen molar-refractivity contribution in [2.45, 2.75) is 45.4 Å². The van der Waals surface area contributed by atoms with Gasteiger partial charge in [-0.1, -0.05) is 121 Å². The van der Waals surface area contributed by atoms with Crippen LogP contribution in [0.2, 0.25) is 0 Å². The smallest absolute Gasteiger partial charge is 0.0620 e. The van der Waals surface area contributed by atoms with Gasteiger partial charge in [0.15, 0.2) is 0 Å². The standard InChI is InChI=1S/C37H32/c1-4-26-16-17-31-32-13-9-12-30(21-27-19-24(2)18-25(3)20-27)36(32)37(35(31)22-26)33-14-7-5-10-28(33)23-29-11-6-8-15-34(29)37/h5-20,22H,4,21,23H2,1-3H3. The quantitative estimate of drug-likeness (QED) is 0.239. The first-order chi connectivity index (χ1) is 18.1. The molecule has 0 aromatic heterocycles. The van der Waals surface area contributed by atoms with Crippen LogP contribution in [0.1, 0.15) is 68.1 Å². The fraction of sp³-hybridized carbons (Fsp3) is 0.189. The third-order valence-corrected chi connectivity index (χ3v) is 8.61. The van der Waals surface area contributed by atoms with Crippen LogP contribution < -0.4 is 0 Å². The Balaban J connectivity index is 1.61. The molecule has 2 aliphatic rings. The molecule has 0 saturated heterocycles. The molecule has 0 unspecified atom stereocenters. The Morgan fingerprint density at radius 3 is 1.95 bits per heavy atom. The van der Waals surface area contributed by atoms with Gasteiger partial charge < -0.3 is 0 Å². The minimum absolute atomic E-state index is 0.295. The molecule has 0 radical (unpaired) electrons. The highest BCUT2D eigenvalue weighted by Gasteiger charge is 2.50. The molecule has 180 valence electrons. The van der Waals surface area contributed by atoms with Gasteiger partial charge in [0.05, 0.1) is 5.41 Å². The summed E-state index contributed by atoms with van der Waals surface area (Å²) in [5.74, 6) is 0. The van der Waals surface area contributed by atoms with E-state index in [1.54, 1.807) is 0 Å². The maximum atomic E-state index is 2.51. The SMILES string of the molecule is CCc1ccc2c(c1)C1(c3ccccc3Cc3ccccc31)c1c(Cc3cc(C)cc(C)c3)cccc1-2. The Morgan fingerprint density at radius 1 is 0.595 bits per heavy atom. The number of benzene rings is 5. The molecule has 37 heavy (non-hydrogen) atoms. The van der Waals surface area contributed by atoms with Crippen LogP contribution in [0.5, 0.6) is 0 Å². The zero-order chi connectivity index (χ0) is 25.1. The Hall–Kier alpha value is -3.90. The van der Waals surface area contributed by atoms with Crippen molar-refractivity contribution >= 4 is 0 Å². The number of hydrogen-bond donors (Lipinski definition) is 0. The van der Waals surface area contributed by atoms with E-state index in [1.807, 2.05) is 0 Å². The summed E-state index contributed by atoms with van der Waals surface area (Å²) in [6, 6.07) is 39.6. The summed E-state index contributed by atoms with van der Waals surface area (Å²) in [4.78, 5) is 0. The van der Waals surface area contributed by atoms with Crippen molar-refractivity contribution in [2.75, 3.05) is 0 Å². The second-order valence-corrected chi connectivity index (χ2v) is 11.0. The van der Waals surface area contributed by atoms with Crippen molar-refractivity contribution < 1.29 is 0 Å². The Bertz CT molecular complexity index is 1620. The van der Waals surface area contributed by atoms with Crippen molar-refractivity contribution in [1.82, 2.24) is 0 Å². The van der Waals surface area contributed by atoms with Crippen LogP contribution in [0.25, 0.3) is 11.1 Å². The lowest BCUT2D eigenvalue weighted by Crippen LogP contribution is -2.35. The average molecular weight is 477 g/mol. The second-order valence-electron chi connectivity index (χ2n) is 11.0. The van der Waals surface area contributed by atoms with Gasteiger partial charge >= 0.3 is 0 Å². The molecule has 7 rings (SSSR count). The molecule has 0 atom stereocenters. The minimum Gasteiger partial charge on any atom is -0.0620 e. The number of aryl methyl sites for hydroxylation is 3. The number of fused-ring (bicyclic) bond motifs is 9. The molecule has 5 aromatic rings. The number of hydrogen-bond acceptors (Lipinski definition) is 0. The highest BCUT2D eigenvalue weighted by molar-refractivity contribution is 5.89. The summed E-state index contributed by atoms with van der Waals surface area (Å²) >= 11 is 0. The average Bonchev–Trinajstić information content (AvgIpc) is 3.19. The van der Waals surface area contributed by atoms with Crippen molar-refractivity contribution in [3.8, 4) is 11.1 Å². The van der Waals surface area contributed by atoms with Gasteiger partial charge in [0, 0.05) is 0 Å². The van der Waals surface area contributed by atoms with Gasteiger partial charge in [0.1, 0.15) is 0 Å². The van der Waals surface area contributed by atoms with E-state index >= 15 is 0 Å². The van der Waals surface area contributed by atoms with Gasteiger partial charge in [-0.05, 0) is 94.3 Å². The second kappa shape index (κ2) is 8.32. The first kappa shape index (κ1) is 22.3. The Morgan fingerprint density at radius 2 is 1.27 bits per heavy atom. The maximum Gasteiger partial charge on any atom is 0.0721 e. The van der Waals surface area contributed by atoms with Crippen molar-refractivity contribution in [2.24, 2.45) is 0 Å². The topological polar surface area (TPSA) is 0 Å². The molecule has 0 nitrogen and oxygen atoms in total. The lowest BCUT2D eigenvalue weighted by molar-refractivity contribution is 0.713. The maximum absolute atomic E-state index is 2.51. The summed E-state index contributed by atoms with van der Waals surface area (Å²) in [7, 11) is 0. The largest absolute Gasteiger partial charge is 0.0721 e. The summed E-state index contributed by atoms with van der Waals surface area (Å²) in [5.41, 5.74) is 18.1. The highest BCUT2D eigenvalue weighted by Crippen LogP contribution is 2.60. The third kappa shape index (κ3) is 3.22. The molecule has 0 bridgehead atoms. The molecule has 0 N–H and O–H groups in total. The lowest BCUT2D eigenvalue weighted by atomic mass is 9.60. The third-order valence-electron chi connectivity index (χ3n) is 8.61. The summed E-state index contributed by atoms with van der Waals surface area (Å²) in [6.07, 6.45) is 2.97. The molecule has 0 amide bonds. The van der Waals surface area contributed by atoms with Crippen LogP contribution in [-0.2, 0) is 24.7 Å². The fourth-order valence-corrected chi connectivity index (χ4v) is 7.29. The zero-order valence-electron chi connectivity index (χ0n) is 21.9. The molecule has 0 aliphatic heterocycles. The van der Waals surface area contributed by atoms with E-state index in [9.17, 15) is 0 Å². The van der Waals surface area contributed by atoms with E-state index in [0.29, 0.717) is 0 Å².